The molecule has 6 nitrogen and oxygen atoms in total. The highest BCUT2D eigenvalue weighted by atomic mass is 16.3. The Morgan fingerprint density at radius 3 is 2.45 bits per heavy atom. The number of hydrogen-bond donors (Lipinski definition) is 2. The summed E-state index contributed by atoms with van der Waals surface area (Å²) < 4.78 is 2.14. The lowest BCUT2D eigenvalue weighted by molar-refractivity contribution is -0.131. The number of aliphatic hydroxyl groups is 1. The molecule has 1 fully saturated rings. The largest absolute Gasteiger partial charge is 0.392 e. The third kappa shape index (κ3) is 4.49. The number of anilines is 1. The molecule has 0 aliphatic carbocycles. The Morgan fingerprint density at radius 1 is 1.10 bits per heavy atom. The summed E-state index contributed by atoms with van der Waals surface area (Å²) in [4.78, 5) is 26.9. The molecule has 31 heavy (non-hydrogen) atoms. The number of carbonyl (C=O) groups excluding carboxylic acids is 2. The second-order valence-electron chi connectivity index (χ2n) is 9.26. The molecule has 2 heterocycles. The Hall–Kier alpha value is -3.12. The van der Waals surface area contributed by atoms with Crippen LogP contribution in [0, 0.1) is 5.92 Å². The first-order chi connectivity index (χ1) is 14.7. The fourth-order valence-corrected chi connectivity index (χ4v) is 4.12. The van der Waals surface area contributed by atoms with Gasteiger partial charge in [-0.05, 0) is 55.5 Å². The highest BCUT2D eigenvalue weighted by molar-refractivity contribution is 5.98. The van der Waals surface area contributed by atoms with Gasteiger partial charge in [0.05, 0.1) is 18.0 Å². The van der Waals surface area contributed by atoms with Crippen molar-refractivity contribution >= 4 is 28.4 Å². The zero-order valence-corrected chi connectivity index (χ0v) is 18.3. The van der Waals surface area contributed by atoms with E-state index in [0.29, 0.717) is 13.1 Å². The third-order valence-corrected chi connectivity index (χ3v) is 5.91. The molecular formula is C25H29N3O3. The zero-order valence-electron chi connectivity index (χ0n) is 18.3. The lowest BCUT2D eigenvalue weighted by Gasteiger charge is -2.31. The van der Waals surface area contributed by atoms with E-state index in [1.165, 1.54) is 0 Å². The second kappa shape index (κ2) is 8.19. The number of rotatable bonds is 5. The van der Waals surface area contributed by atoms with Crippen molar-refractivity contribution in [1.82, 2.24) is 9.47 Å². The van der Waals surface area contributed by atoms with Crippen LogP contribution in [0.4, 0.5) is 5.69 Å². The maximum Gasteiger partial charge on any atom is 0.229 e. The van der Waals surface area contributed by atoms with Gasteiger partial charge in [0.25, 0.3) is 0 Å². The monoisotopic (exact) mass is 419 g/mol. The van der Waals surface area contributed by atoms with Gasteiger partial charge >= 0.3 is 0 Å². The minimum absolute atomic E-state index is 0.0317. The van der Waals surface area contributed by atoms with Gasteiger partial charge < -0.3 is 19.9 Å². The lowest BCUT2D eigenvalue weighted by Crippen LogP contribution is -2.42. The Morgan fingerprint density at radius 2 is 1.81 bits per heavy atom. The number of fused-ring (bicyclic) bond motifs is 1. The van der Waals surface area contributed by atoms with Crippen molar-refractivity contribution in [1.29, 1.82) is 0 Å². The number of hydrogen-bond acceptors (Lipinski definition) is 3. The number of nitrogens with zero attached hydrogens (tertiary/aromatic N) is 2. The average molecular weight is 420 g/mol. The van der Waals surface area contributed by atoms with Crippen molar-refractivity contribution in [2.24, 2.45) is 5.92 Å². The molecule has 0 bridgehead atoms. The van der Waals surface area contributed by atoms with Crippen molar-refractivity contribution < 1.29 is 14.7 Å². The summed E-state index contributed by atoms with van der Waals surface area (Å²) >= 11 is 0. The molecule has 0 spiro atoms. The van der Waals surface area contributed by atoms with Crippen LogP contribution in [0.1, 0.15) is 38.3 Å². The number of aliphatic hydroxyl groups excluding tert-OH is 1. The molecule has 1 aliphatic rings. The Labute approximate surface area is 182 Å². The van der Waals surface area contributed by atoms with Crippen LogP contribution in [0.25, 0.3) is 10.9 Å². The van der Waals surface area contributed by atoms with E-state index in [1.807, 2.05) is 69.4 Å². The summed E-state index contributed by atoms with van der Waals surface area (Å²) in [5.41, 5.74) is 3.51. The van der Waals surface area contributed by atoms with Gasteiger partial charge in [0.15, 0.2) is 0 Å². The van der Waals surface area contributed by atoms with E-state index in [4.69, 9.17) is 0 Å². The molecule has 1 unspecified atom stereocenters. The predicted molar refractivity (Wildman–Crippen MR) is 122 cm³/mol. The maximum absolute atomic E-state index is 12.8. The van der Waals surface area contributed by atoms with Crippen LogP contribution >= 0.6 is 0 Å². The molecule has 1 atom stereocenters. The summed E-state index contributed by atoms with van der Waals surface area (Å²) in [6.07, 6.45) is 2.29. The fourth-order valence-electron chi connectivity index (χ4n) is 4.12. The number of benzene rings is 2. The van der Waals surface area contributed by atoms with E-state index in [9.17, 15) is 14.7 Å². The molecule has 0 radical (unpaired) electrons. The summed E-state index contributed by atoms with van der Waals surface area (Å²) in [6.45, 7) is 7.16. The quantitative estimate of drug-likeness (QED) is 0.661. The van der Waals surface area contributed by atoms with Crippen LogP contribution in [0.15, 0.2) is 54.7 Å². The first-order valence-electron chi connectivity index (χ1n) is 10.6. The molecular weight excluding hydrogens is 390 g/mol. The van der Waals surface area contributed by atoms with Crippen molar-refractivity contribution in [2.45, 2.75) is 45.9 Å². The van der Waals surface area contributed by atoms with Gasteiger partial charge in [-0.1, -0.05) is 30.3 Å². The van der Waals surface area contributed by atoms with Gasteiger partial charge in [-0.25, -0.2) is 0 Å². The molecule has 0 saturated carbocycles. The van der Waals surface area contributed by atoms with Crippen LogP contribution < -0.4 is 5.32 Å². The van der Waals surface area contributed by atoms with E-state index in [2.05, 4.69) is 16.0 Å². The zero-order chi connectivity index (χ0) is 22.2. The van der Waals surface area contributed by atoms with Crippen LogP contribution in [-0.2, 0) is 22.7 Å². The van der Waals surface area contributed by atoms with Gasteiger partial charge in [-0.2, -0.15) is 0 Å². The Bertz CT molecular complexity index is 1110. The molecule has 3 aromatic rings. The number of aromatic nitrogens is 1. The van der Waals surface area contributed by atoms with Crippen LogP contribution in [-0.4, -0.2) is 38.5 Å². The standard InChI is InChI=1S/C25H29N3O3/c1-25(2,3)28-15-20(12-23(28)30)24(31)26-21-9-8-19-10-11-27(22(19)13-21)14-17-4-6-18(16-29)7-5-17/h4-11,13,20,29H,12,14-16H2,1-3H3,(H,26,31). The van der Waals surface area contributed by atoms with E-state index in [0.717, 1.165) is 27.7 Å². The lowest BCUT2D eigenvalue weighted by atomic mass is 10.1. The Balaban J connectivity index is 1.49. The second-order valence-corrected chi connectivity index (χ2v) is 9.26. The van der Waals surface area contributed by atoms with Gasteiger partial charge in [-0.3, -0.25) is 9.59 Å². The molecule has 162 valence electrons. The fraction of sp³-hybridized carbons (Fsp3) is 0.360. The molecule has 4 rings (SSSR count). The number of carbonyl (C=O) groups is 2. The van der Waals surface area contributed by atoms with Gasteiger partial charge in [-0.15, -0.1) is 0 Å². The van der Waals surface area contributed by atoms with Crippen LogP contribution in [0.3, 0.4) is 0 Å². The topological polar surface area (TPSA) is 74.6 Å². The highest BCUT2D eigenvalue weighted by Crippen LogP contribution is 2.27. The van der Waals surface area contributed by atoms with Gasteiger partial charge in [0, 0.05) is 36.9 Å². The first-order valence-corrected chi connectivity index (χ1v) is 10.6. The van der Waals surface area contributed by atoms with E-state index in [1.54, 1.807) is 4.90 Å². The molecule has 6 heteroatoms. The highest BCUT2D eigenvalue weighted by Gasteiger charge is 2.39. The molecule has 2 amide bonds. The summed E-state index contributed by atoms with van der Waals surface area (Å²) in [5, 5.41) is 13.3. The smallest absolute Gasteiger partial charge is 0.229 e. The molecule has 1 saturated heterocycles. The van der Waals surface area contributed by atoms with Crippen LogP contribution in [0.2, 0.25) is 0 Å². The van der Waals surface area contributed by atoms with Gasteiger partial charge in [0.2, 0.25) is 11.8 Å². The van der Waals surface area contributed by atoms with Gasteiger partial charge in [0.1, 0.15) is 0 Å². The number of amides is 2. The first kappa shape index (κ1) is 21.1. The van der Waals surface area contributed by atoms with E-state index < -0.39 is 0 Å². The van der Waals surface area contributed by atoms with Crippen molar-refractivity contribution in [3.8, 4) is 0 Å². The average Bonchev–Trinajstić information content (AvgIpc) is 3.32. The van der Waals surface area contributed by atoms with E-state index >= 15 is 0 Å². The molecule has 1 aliphatic heterocycles. The maximum atomic E-state index is 12.8. The summed E-state index contributed by atoms with van der Waals surface area (Å²) in [6, 6.07) is 15.8. The molecule has 1 aromatic heterocycles. The summed E-state index contributed by atoms with van der Waals surface area (Å²) in [5.74, 6) is -0.416. The SMILES string of the molecule is CC(C)(C)N1CC(C(=O)Nc2ccc3ccn(Cc4ccc(CO)cc4)c3c2)CC1=O. The van der Waals surface area contributed by atoms with Crippen LogP contribution in [0.5, 0.6) is 0 Å². The number of likely N-dealkylation sites (tertiary alicyclic amines) is 1. The third-order valence-electron chi connectivity index (χ3n) is 5.91. The minimum atomic E-state index is -0.334. The van der Waals surface area contributed by atoms with Crippen molar-refractivity contribution in [3.63, 3.8) is 0 Å². The number of nitrogens with one attached hydrogen (secondary N) is 1. The minimum Gasteiger partial charge on any atom is -0.392 e. The molecule has 2 N–H and O–H groups in total. The van der Waals surface area contributed by atoms with E-state index in [-0.39, 0.29) is 36.3 Å². The molecule has 2 aromatic carbocycles. The normalized spacial score (nSPS) is 16.8. The van der Waals surface area contributed by atoms with Crippen molar-refractivity contribution in [2.75, 3.05) is 11.9 Å². The summed E-state index contributed by atoms with van der Waals surface area (Å²) in [7, 11) is 0. The Kier molecular flexibility index (Phi) is 5.58. The predicted octanol–water partition coefficient (Wildman–Crippen LogP) is 3.77. The van der Waals surface area contributed by atoms with Crippen molar-refractivity contribution in [3.05, 3.63) is 65.9 Å².